The third kappa shape index (κ3) is 6.29. The van der Waals surface area contributed by atoms with Gasteiger partial charge in [-0.05, 0) is 39.3 Å². The van der Waals surface area contributed by atoms with Gasteiger partial charge in [-0.15, -0.1) is 34.2 Å². The minimum absolute atomic E-state index is 0. The normalized spacial score (nSPS) is 22.3. The smallest absolute Gasteiger partial charge is 0.222 e. The van der Waals surface area contributed by atoms with Crippen molar-refractivity contribution >= 4 is 35.8 Å². The zero-order chi connectivity index (χ0) is 20.8. The van der Waals surface area contributed by atoms with Crippen LogP contribution in [0.25, 0.3) is 0 Å². The van der Waals surface area contributed by atoms with Crippen LogP contribution in [0.2, 0.25) is 0 Å². The number of amides is 1. The molecule has 10 heteroatoms. The average Bonchev–Trinajstić information content (AvgIpc) is 3.45. The van der Waals surface area contributed by atoms with E-state index in [1.54, 1.807) is 0 Å². The van der Waals surface area contributed by atoms with Gasteiger partial charge in [0.2, 0.25) is 5.91 Å². The standard InChI is InChI=1S/C20H36N8O.HI/c1-5-19(29)28-11-9-16(14-28)23-20(21-12-17-8-7-10-27(17)6-2)22-13-18-25-24-15(3)26(18)4;/h16-17H,5-14H2,1-4H3,(H2,21,22,23);1H. The van der Waals surface area contributed by atoms with Crippen LogP contribution >= 0.6 is 24.0 Å². The lowest BCUT2D eigenvalue weighted by Crippen LogP contribution is -2.48. The Hall–Kier alpha value is -1.43. The van der Waals surface area contributed by atoms with E-state index >= 15 is 0 Å². The van der Waals surface area contributed by atoms with Gasteiger partial charge in [0.05, 0.1) is 0 Å². The van der Waals surface area contributed by atoms with Crippen molar-refractivity contribution in [3.8, 4) is 0 Å². The summed E-state index contributed by atoms with van der Waals surface area (Å²) in [5.74, 6) is 2.74. The quantitative estimate of drug-likeness (QED) is 0.313. The van der Waals surface area contributed by atoms with Crippen LogP contribution < -0.4 is 10.6 Å². The number of likely N-dealkylation sites (tertiary alicyclic amines) is 2. The molecule has 2 atom stereocenters. The van der Waals surface area contributed by atoms with Crippen molar-refractivity contribution in [2.45, 2.75) is 65.1 Å². The lowest BCUT2D eigenvalue weighted by atomic mass is 10.2. The maximum absolute atomic E-state index is 12.0. The predicted molar refractivity (Wildman–Crippen MR) is 129 cm³/mol. The van der Waals surface area contributed by atoms with Gasteiger partial charge in [0.15, 0.2) is 11.8 Å². The van der Waals surface area contributed by atoms with E-state index in [2.05, 4.69) is 32.7 Å². The van der Waals surface area contributed by atoms with Crippen molar-refractivity contribution < 1.29 is 4.79 Å². The summed E-state index contributed by atoms with van der Waals surface area (Å²) in [6.07, 6.45) is 3.99. The van der Waals surface area contributed by atoms with Crippen molar-refractivity contribution in [2.75, 3.05) is 32.7 Å². The fourth-order valence-electron chi connectivity index (χ4n) is 4.17. The van der Waals surface area contributed by atoms with Gasteiger partial charge >= 0.3 is 0 Å². The van der Waals surface area contributed by atoms with Crippen molar-refractivity contribution in [1.82, 2.24) is 35.2 Å². The molecular formula is C20H37IN8O. The Morgan fingerprint density at radius 1 is 1.23 bits per heavy atom. The Bertz CT molecular complexity index is 722. The molecule has 2 aliphatic rings. The van der Waals surface area contributed by atoms with E-state index in [4.69, 9.17) is 4.99 Å². The highest BCUT2D eigenvalue weighted by molar-refractivity contribution is 14.0. The maximum Gasteiger partial charge on any atom is 0.222 e. The molecule has 9 nitrogen and oxygen atoms in total. The second-order valence-corrected chi connectivity index (χ2v) is 8.02. The minimum Gasteiger partial charge on any atom is -0.355 e. The largest absolute Gasteiger partial charge is 0.355 e. The highest BCUT2D eigenvalue weighted by Gasteiger charge is 2.27. The Morgan fingerprint density at radius 3 is 2.70 bits per heavy atom. The molecule has 0 saturated carbocycles. The first-order chi connectivity index (χ1) is 14.0. The Morgan fingerprint density at radius 2 is 2.03 bits per heavy atom. The number of carbonyl (C=O) groups is 1. The summed E-state index contributed by atoms with van der Waals surface area (Å²) in [7, 11) is 1.96. The predicted octanol–water partition coefficient (Wildman–Crippen LogP) is 1.27. The van der Waals surface area contributed by atoms with E-state index in [0.29, 0.717) is 19.0 Å². The second kappa shape index (κ2) is 11.8. The molecule has 2 aliphatic heterocycles. The number of guanidine groups is 1. The molecule has 170 valence electrons. The summed E-state index contributed by atoms with van der Waals surface area (Å²) in [5.41, 5.74) is 0. The topological polar surface area (TPSA) is 90.7 Å². The number of aliphatic imine (C=N–C) groups is 1. The molecule has 1 aromatic rings. The third-order valence-corrected chi connectivity index (χ3v) is 6.16. The molecule has 3 rings (SSSR count). The van der Waals surface area contributed by atoms with Gasteiger partial charge in [-0.1, -0.05) is 13.8 Å². The summed E-state index contributed by atoms with van der Waals surface area (Å²) in [6, 6.07) is 0.773. The molecule has 0 aromatic carbocycles. The third-order valence-electron chi connectivity index (χ3n) is 6.16. The van der Waals surface area contributed by atoms with Crippen molar-refractivity contribution in [1.29, 1.82) is 0 Å². The molecule has 3 heterocycles. The molecule has 2 fully saturated rings. The van der Waals surface area contributed by atoms with Crippen LogP contribution in [0.4, 0.5) is 0 Å². The van der Waals surface area contributed by atoms with Crippen LogP contribution in [0.15, 0.2) is 4.99 Å². The fraction of sp³-hybridized carbons (Fsp3) is 0.800. The van der Waals surface area contributed by atoms with E-state index in [-0.39, 0.29) is 35.9 Å². The van der Waals surface area contributed by atoms with Crippen LogP contribution in [0.1, 0.15) is 51.2 Å². The summed E-state index contributed by atoms with van der Waals surface area (Å²) in [4.78, 5) is 21.2. The first-order valence-corrected chi connectivity index (χ1v) is 10.9. The van der Waals surface area contributed by atoms with Crippen LogP contribution in [0, 0.1) is 6.92 Å². The van der Waals surface area contributed by atoms with Crippen LogP contribution in [-0.2, 0) is 18.4 Å². The Labute approximate surface area is 197 Å². The molecule has 0 aliphatic carbocycles. The lowest BCUT2D eigenvalue weighted by Gasteiger charge is -2.25. The summed E-state index contributed by atoms with van der Waals surface area (Å²) < 4.78 is 1.97. The van der Waals surface area contributed by atoms with Crippen molar-refractivity contribution in [3.63, 3.8) is 0 Å². The summed E-state index contributed by atoms with van der Waals surface area (Å²) in [5, 5.41) is 15.4. The second-order valence-electron chi connectivity index (χ2n) is 8.02. The number of likely N-dealkylation sites (N-methyl/N-ethyl adjacent to an activating group) is 1. The first kappa shape index (κ1) is 24.8. The minimum atomic E-state index is 0. The van der Waals surface area contributed by atoms with Crippen molar-refractivity contribution in [3.05, 3.63) is 11.6 Å². The SMILES string of the molecule is CCC(=O)N1CCC(NC(=NCc2nnc(C)n2C)NCC2CCCN2CC)C1.I. The number of hydrogen-bond acceptors (Lipinski definition) is 5. The van der Waals surface area contributed by atoms with Gasteiger partial charge in [-0.2, -0.15) is 0 Å². The number of rotatable bonds is 7. The average molecular weight is 532 g/mol. The van der Waals surface area contributed by atoms with Gasteiger partial charge in [0.1, 0.15) is 12.4 Å². The molecule has 1 aromatic heterocycles. The molecule has 30 heavy (non-hydrogen) atoms. The van der Waals surface area contributed by atoms with Gasteiger partial charge in [-0.25, -0.2) is 4.99 Å². The number of aryl methyl sites for hydroxylation is 1. The molecule has 1 amide bonds. The summed E-state index contributed by atoms with van der Waals surface area (Å²) >= 11 is 0. The lowest BCUT2D eigenvalue weighted by molar-refractivity contribution is -0.129. The summed E-state index contributed by atoms with van der Waals surface area (Å²) in [6.45, 7) is 11.2. The van der Waals surface area contributed by atoms with Gasteiger partial charge in [-0.3, -0.25) is 9.69 Å². The zero-order valence-corrected chi connectivity index (χ0v) is 21.1. The number of hydrogen-bond donors (Lipinski definition) is 2. The molecule has 0 bridgehead atoms. The van der Waals surface area contributed by atoms with Crippen LogP contribution in [0.5, 0.6) is 0 Å². The molecule has 2 N–H and O–H groups in total. The van der Waals surface area contributed by atoms with Gasteiger partial charge in [0.25, 0.3) is 0 Å². The zero-order valence-electron chi connectivity index (χ0n) is 18.7. The molecule has 2 unspecified atom stereocenters. The molecule has 0 radical (unpaired) electrons. The number of nitrogens with zero attached hydrogens (tertiary/aromatic N) is 6. The number of halogens is 1. The molecular weight excluding hydrogens is 495 g/mol. The van der Waals surface area contributed by atoms with E-state index in [1.807, 2.05) is 30.4 Å². The van der Waals surface area contributed by atoms with E-state index < -0.39 is 0 Å². The van der Waals surface area contributed by atoms with E-state index in [9.17, 15) is 4.79 Å². The highest BCUT2D eigenvalue weighted by Crippen LogP contribution is 2.16. The first-order valence-electron chi connectivity index (χ1n) is 10.9. The number of nitrogens with one attached hydrogen (secondary N) is 2. The van der Waals surface area contributed by atoms with Gasteiger partial charge < -0.3 is 20.1 Å². The number of aromatic nitrogens is 3. The van der Waals surface area contributed by atoms with E-state index in [0.717, 1.165) is 50.2 Å². The van der Waals surface area contributed by atoms with Crippen molar-refractivity contribution in [2.24, 2.45) is 12.0 Å². The molecule has 2 saturated heterocycles. The Balaban J connectivity index is 0.00000320. The van der Waals surface area contributed by atoms with Crippen LogP contribution in [-0.4, -0.2) is 81.2 Å². The highest BCUT2D eigenvalue weighted by atomic mass is 127. The fourth-order valence-corrected chi connectivity index (χ4v) is 4.17. The van der Waals surface area contributed by atoms with Gasteiger partial charge in [0, 0.05) is 45.2 Å². The van der Waals surface area contributed by atoms with E-state index in [1.165, 1.54) is 19.4 Å². The number of carbonyl (C=O) groups excluding carboxylic acids is 1. The maximum atomic E-state index is 12.0. The Kier molecular flexibility index (Phi) is 9.79. The van der Waals surface area contributed by atoms with Crippen LogP contribution in [0.3, 0.4) is 0 Å². The monoisotopic (exact) mass is 532 g/mol. The molecule has 0 spiro atoms.